The molecule has 2 aliphatic rings. The molecule has 17 heavy (non-hydrogen) atoms. The van der Waals surface area contributed by atoms with Crippen LogP contribution in [0.5, 0.6) is 5.75 Å². The fraction of sp³-hybridized carbons (Fsp3) is 0.500. The van der Waals surface area contributed by atoms with Crippen molar-refractivity contribution >= 4 is 5.97 Å². The molecule has 1 aliphatic carbocycles. The fourth-order valence-electron chi connectivity index (χ4n) is 3.16. The van der Waals surface area contributed by atoms with Crippen LogP contribution in [0, 0.1) is 5.92 Å². The number of benzene rings is 1. The first kappa shape index (κ1) is 10.6. The van der Waals surface area contributed by atoms with Crippen LogP contribution in [0.2, 0.25) is 0 Å². The molecule has 0 saturated carbocycles. The number of ether oxygens (including phenoxy) is 1. The van der Waals surface area contributed by atoms with E-state index < -0.39 is 5.97 Å². The van der Waals surface area contributed by atoms with E-state index in [0.29, 0.717) is 0 Å². The third-order valence-corrected chi connectivity index (χ3v) is 4.10. The van der Waals surface area contributed by atoms with Crippen LogP contribution in [0.15, 0.2) is 12.1 Å². The monoisotopic (exact) mass is 232 g/mol. The molecule has 1 N–H and O–H groups in total. The molecule has 2 atom stereocenters. The van der Waals surface area contributed by atoms with Gasteiger partial charge in [0.2, 0.25) is 0 Å². The molecule has 90 valence electrons. The van der Waals surface area contributed by atoms with Crippen LogP contribution in [0.1, 0.15) is 36.0 Å². The van der Waals surface area contributed by atoms with E-state index in [1.54, 1.807) is 0 Å². The van der Waals surface area contributed by atoms with Crippen LogP contribution in [-0.2, 0) is 17.6 Å². The maximum absolute atomic E-state index is 11.2. The SMILES string of the molecule is C[C@@H](C(=O)O)[C@@H]1CCc2ccc3c(c21)CCO3. The molecule has 0 bridgehead atoms. The second-order valence-corrected chi connectivity index (χ2v) is 4.99. The van der Waals surface area contributed by atoms with Gasteiger partial charge in [0.15, 0.2) is 0 Å². The highest BCUT2D eigenvalue weighted by Gasteiger charge is 2.35. The zero-order valence-corrected chi connectivity index (χ0v) is 9.90. The maximum atomic E-state index is 11.2. The number of hydrogen-bond donors (Lipinski definition) is 1. The summed E-state index contributed by atoms with van der Waals surface area (Å²) in [5.41, 5.74) is 3.86. The van der Waals surface area contributed by atoms with Crippen molar-refractivity contribution in [2.45, 2.75) is 32.1 Å². The highest BCUT2D eigenvalue weighted by molar-refractivity contribution is 5.72. The van der Waals surface area contributed by atoms with Crippen LogP contribution in [-0.4, -0.2) is 17.7 Å². The molecule has 1 aromatic carbocycles. The van der Waals surface area contributed by atoms with Crippen molar-refractivity contribution in [2.75, 3.05) is 6.61 Å². The average Bonchev–Trinajstić information content (AvgIpc) is 2.92. The quantitative estimate of drug-likeness (QED) is 0.851. The fourth-order valence-corrected chi connectivity index (χ4v) is 3.16. The largest absolute Gasteiger partial charge is 0.493 e. The van der Waals surface area contributed by atoms with Crippen LogP contribution in [0.4, 0.5) is 0 Å². The number of carboxylic acids is 1. The van der Waals surface area contributed by atoms with Crippen molar-refractivity contribution in [3.05, 3.63) is 28.8 Å². The summed E-state index contributed by atoms with van der Waals surface area (Å²) in [5, 5.41) is 9.19. The minimum Gasteiger partial charge on any atom is -0.493 e. The lowest BCUT2D eigenvalue weighted by Gasteiger charge is -2.18. The van der Waals surface area contributed by atoms with Gasteiger partial charge in [0, 0.05) is 12.0 Å². The van der Waals surface area contributed by atoms with Crippen molar-refractivity contribution in [3.63, 3.8) is 0 Å². The summed E-state index contributed by atoms with van der Waals surface area (Å²) >= 11 is 0. The lowest BCUT2D eigenvalue weighted by Crippen LogP contribution is -2.18. The van der Waals surface area contributed by atoms with E-state index in [0.717, 1.165) is 31.6 Å². The predicted molar refractivity (Wildman–Crippen MR) is 63.5 cm³/mol. The average molecular weight is 232 g/mol. The first-order chi connectivity index (χ1) is 8.18. The molecular weight excluding hydrogens is 216 g/mol. The Morgan fingerprint density at radius 1 is 1.47 bits per heavy atom. The summed E-state index contributed by atoms with van der Waals surface area (Å²) in [5.74, 6) is 0.134. The van der Waals surface area contributed by atoms with E-state index >= 15 is 0 Å². The van der Waals surface area contributed by atoms with Gasteiger partial charge >= 0.3 is 5.97 Å². The summed E-state index contributed by atoms with van der Waals surface area (Å²) < 4.78 is 5.56. The Balaban J connectivity index is 2.06. The van der Waals surface area contributed by atoms with Crippen molar-refractivity contribution in [2.24, 2.45) is 5.92 Å². The van der Waals surface area contributed by atoms with E-state index in [1.165, 1.54) is 16.7 Å². The number of fused-ring (bicyclic) bond motifs is 3. The zero-order chi connectivity index (χ0) is 12.0. The molecule has 1 aliphatic heterocycles. The van der Waals surface area contributed by atoms with Crippen LogP contribution in [0.3, 0.4) is 0 Å². The Morgan fingerprint density at radius 3 is 3.06 bits per heavy atom. The standard InChI is InChI=1S/C14H16O3/c1-8(14(15)16)10-4-2-9-3-5-12-11(13(9)10)6-7-17-12/h3,5,8,10H,2,4,6-7H2,1H3,(H,15,16)/t8-,10+/m1/s1. The molecule has 3 heteroatoms. The Bertz CT molecular complexity index is 479. The van der Waals surface area contributed by atoms with Gasteiger partial charge in [0.05, 0.1) is 12.5 Å². The molecule has 1 heterocycles. The van der Waals surface area contributed by atoms with E-state index in [2.05, 4.69) is 6.07 Å². The molecule has 0 unspecified atom stereocenters. The van der Waals surface area contributed by atoms with E-state index in [1.807, 2.05) is 13.0 Å². The maximum Gasteiger partial charge on any atom is 0.306 e. The Hall–Kier alpha value is -1.51. The van der Waals surface area contributed by atoms with Gasteiger partial charge in [-0.3, -0.25) is 4.79 Å². The first-order valence-corrected chi connectivity index (χ1v) is 6.18. The Kier molecular flexibility index (Phi) is 2.35. The summed E-state index contributed by atoms with van der Waals surface area (Å²) in [6, 6.07) is 4.14. The molecule has 0 aromatic heterocycles. The number of aliphatic carboxylic acids is 1. The van der Waals surface area contributed by atoms with E-state index in [9.17, 15) is 9.90 Å². The number of carbonyl (C=O) groups is 1. The van der Waals surface area contributed by atoms with Gasteiger partial charge in [0.1, 0.15) is 5.75 Å². The topological polar surface area (TPSA) is 46.5 Å². The third kappa shape index (κ3) is 1.53. The molecule has 0 amide bonds. The Labute approximate surface area is 100 Å². The van der Waals surface area contributed by atoms with Gasteiger partial charge in [-0.2, -0.15) is 0 Å². The van der Waals surface area contributed by atoms with Crippen molar-refractivity contribution < 1.29 is 14.6 Å². The molecule has 3 nitrogen and oxygen atoms in total. The van der Waals surface area contributed by atoms with Crippen molar-refractivity contribution in [1.82, 2.24) is 0 Å². The molecule has 3 rings (SSSR count). The highest BCUT2D eigenvalue weighted by atomic mass is 16.5. The number of hydrogen-bond acceptors (Lipinski definition) is 2. The smallest absolute Gasteiger partial charge is 0.306 e. The summed E-state index contributed by atoms with van der Waals surface area (Å²) in [6.45, 7) is 2.55. The molecule has 0 saturated heterocycles. The summed E-state index contributed by atoms with van der Waals surface area (Å²) in [6.07, 6.45) is 2.89. The van der Waals surface area contributed by atoms with Gasteiger partial charge in [-0.25, -0.2) is 0 Å². The zero-order valence-electron chi connectivity index (χ0n) is 9.90. The number of carboxylic acid groups (broad SMARTS) is 1. The lowest BCUT2D eigenvalue weighted by atomic mass is 9.85. The highest BCUT2D eigenvalue weighted by Crippen LogP contribution is 2.44. The number of rotatable bonds is 2. The first-order valence-electron chi connectivity index (χ1n) is 6.18. The second kappa shape index (κ2) is 3.76. The minimum absolute atomic E-state index is 0.166. The van der Waals surface area contributed by atoms with Gasteiger partial charge in [-0.1, -0.05) is 13.0 Å². The van der Waals surface area contributed by atoms with Crippen LogP contribution in [0.25, 0.3) is 0 Å². The molecule has 1 aromatic rings. The van der Waals surface area contributed by atoms with Gasteiger partial charge in [-0.15, -0.1) is 0 Å². The second-order valence-electron chi connectivity index (χ2n) is 4.99. The normalized spacial score (nSPS) is 22.8. The minimum atomic E-state index is -0.695. The van der Waals surface area contributed by atoms with Gasteiger partial charge < -0.3 is 9.84 Å². The molecule has 0 radical (unpaired) electrons. The van der Waals surface area contributed by atoms with Crippen molar-refractivity contribution in [1.29, 1.82) is 0 Å². The van der Waals surface area contributed by atoms with E-state index in [-0.39, 0.29) is 11.8 Å². The summed E-state index contributed by atoms with van der Waals surface area (Å²) in [7, 11) is 0. The predicted octanol–water partition coefficient (Wildman–Crippen LogP) is 2.37. The third-order valence-electron chi connectivity index (χ3n) is 4.10. The van der Waals surface area contributed by atoms with Gasteiger partial charge in [0.25, 0.3) is 0 Å². The molecule has 0 fully saturated rings. The van der Waals surface area contributed by atoms with E-state index in [4.69, 9.17) is 4.74 Å². The number of aryl methyl sites for hydroxylation is 1. The van der Waals surface area contributed by atoms with Crippen LogP contribution >= 0.6 is 0 Å². The molecular formula is C14H16O3. The Morgan fingerprint density at radius 2 is 2.29 bits per heavy atom. The summed E-state index contributed by atoms with van der Waals surface area (Å²) in [4.78, 5) is 11.2. The lowest BCUT2D eigenvalue weighted by molar-refractivity contribution is -0.141. The molecule has 0 spiro atoms. The van der Waals surface area contributed by atoms with Crippen LogP contribution < -0.4 is 4.74 Å². The van der Waals surface area contributed by atoms with Crippen molar-refractivity contribution in [3.8, 4) is 5.75 Å². The van der Waals surface area contributed by atoms with Gasteiger partial charge in [-0.05, 0) is 36.0 Å².